The van der Waals surface area contributed by atoms with Gasteiger partial charge in [0.25, 0.3) is 0 Å². The molecule has 12 rings (SSSR count). The number of pyridine rings is 1. The highest BCUT2D eigenvalue weighted by atomic mass is 31.2. The minimum absolute atomic E-state index is 0.817. The summed E-state index contributed by atoms with van der Waals surface area (Å²) in [5, 5.41) is 9.80. The molecular weight excluding hydrogens is 786 g/mol. The molecule has 10 aromatic carbocycles. The van der Waals surface area contributed by atoms with E-state index in [1.807, 2.05) is 72.8 Å². The van der Waals surface area contributed by atoms with Gasteiger partial charge in [0, 0.05) is 43.5 Å². The van der Waals surface area contributed by atoms with Gasteiger partial charge in [-0.3, -0.25) is 4.57 Å². The lowest BCUT2D eigenvalue weighted by molar-refractivity contribution is 0.593. The predicted molar refractivity (Wildman–Crippen MR) is 265 cm³/mol. The molecule has 5 heteroatoms. The van der Waals surface area contributed by atoms with Gasteiger partial charge in [0.2, 0.25) is 0 Å². The summed E-state index contributed by atoms with van der Waals surface area (Å²) in [6.07, 6.45) is 0. The number of aromatic nitrogens is 3. The summed E-state index contributed by atoms with van der Waals surface area (Å²) >= 11 is 0. The number of imidazole rings is 1. The number of benzene rings is 10. The van der Waals surface area contributed by atoms with Gasteiger partial charge in [-0.2, -0.15) is 0 Å². The van der Waals surface area contributed by atoms with E-state index < -0.39 is 7.14 Å². The topological polar surface area (TPSA) is 47.8 Å². The highest BCUT2D eigenvalue weighted by Gasteiger charge is 2.34. The van der Waals surface area contributed by atoms with Gasteiger partial charge in [-0.25, -0.2) is 9.97 Å². The van der Waals surface area contributed by atoms with E-state index in [4.69, 9.17) is 9.97 Å². The second-order valence-corrected chi connectivity index (χ2v) is 18.7. The largest absolute Gasteiger partial charge is 0.309 e. The molecule has 0 aliphatic rings. The van der Waals surface area contributed by atoms with Gasteiger partial charge >= 0.3 is 0 Å². The lowest BCUT2D eigenvalue weighted by atomic mass is 9.91. The van der Waals surface area contributed by atoms with Crippen LogP contribution in [0.25, 0.3) is 93.7 Å². The van der Waals surface area contributed by atoms with E-state index in [0.717, 1.165) is 110 Å². The summed E-state index contributed by atoms with van der Waals surface area (Å²) in [5.74, 6) is 0.880. The maximum Gasteiger partial charge on any atom is 0.172 e. The van der Waals surface area contributed by atoms with E-state index in [1.165, 1.54) is 0 Å². The van der Waals surface area contributed by atoms with Gasteiger partial charge in [0.15, 0.2) is 7.14 Å². The second-order valence-electron chi connectivity index (χ2n) is 16.0. The molecule has 12 aromatic rings. The Morgan fingerprint density at radius 1 is 0.381 bits per heavy atom. The summed E-state index contributed by atoms with van der Waals surface area (Å²) in [5.41, 5.74) is 9.01. The van der Waals surface area contributed by atoms with Crippen LogP contribution in [0.15, 0.2) is 231 Å². The van der Waals surface area contributed by atoms with E-state index in [9.17, 15) is 0 Å². The van der Waals surface area contributed by atoms with Crippen LogP contribution in [0.5, 0.6) is 0 Å². The fraction of sp³-hybridized carbons (Fsp3) is 0. The van der Waals surface area contributed by atoms with Crippen LogP contribution in [0.4, 0.5) is 0 Å². The van der Waals surface area contributed by atoms with Crippen molar-refractivity contribution in [2.45, 2.75) is 0 Å². The average molecular weight is 824 g/mol. The van der Waals surface area contributed by atoms with Crippen LogP contribution in [-0.2, 0) is 4.57 Å². The molecule has 0 N–H and O–H groups in total. The first-order valence-electron chi connectivity index (χ1n) is 21.3. The van der Waals surface area contributed by atoms with Crippen molar-refractivity contribution in [2.75, 3.05) is 0 Å². The zero-order valence-electron chi connectivity index (χ0n) is 34.1. The van der Waals surface area contributed by atoms with Crippen molar-refractivity contribution in [1.82, 2.24) is 14.5 Å². The highest BCUT2D eigenvalue weighted by Crippen LogP contribution is 2.49. The Labute approximate surface area is 364 Å². The molecule has 0 fully saturated rings. The Morgan fingerprint density at radius 2 is 0.873 bits per heavy atom. The molecule has 0 saturated heterocycles. The third-order valence-electron chi connectivity index (χ3n) is 12.4. The molecular formula is C58H38N3OP. The van der Waals surface area contributed by atoms with Crippen molar-refractivity contribution >= 4 is 77.3 Å². The molecule has 2 heterocycles. The Balaban J connectivity index is 1.10. The third-order valence-corrected chi connectivity index (χ3v) is 15.6. The van der Waals surface area contributed by atoms with Crippen molar-refractivity contribution < 1.29 is 4.57 Å². The van der Waals surface area contributed by atoms with E-state index in [-0.39, 0.29) is 0 Å². The SMILES string of the molecule is O=P(c1ccccc1)(c1ccccc1)c1c2ccccc2c(-c2ccc(-c3nc4ccccc4c4ccc5c(nc(-c6ccccc6)n5-c5ccccc5)c34)cc2)c2ccccc12. The van der Waals surface area contributed by atoms with Crippen LogP contribution in [0.3, 0.4) is 0 Å². The maximum atomic E-state index is 16.2. The van der Waals surface area contributed by atoms with Crippen molar-refractivity contribution in [3.63, 3.8) is 0 Å². The van der Waals surface area contributed by atoms with Crippen LogP contribution in [-0.4, -0.2) is 14.5 Å². The molecule has 0 amide bonds. The summed E-state index contributed by atoms with van der Waals surface area (Å²) in [4.78, 5) is 10.9. The predicted octanol–water partition coefficient (Wildman–Crippen LogP) is 13.7. The summed E-state index contributed by atoms with van der Waals surface area (Å²) < 4.78 is 18.4. The Bertz CT molecular complexity index is 3640. The molecule has 0 unspecified atom stereocenters. The fourth-order valence-corrected chi connectivity index (χ4v) is 12.7. The van der Waals surface area contributed by atoms with E-state index >= 15 is 4.57 Å². The average Bonchev–Trinajstić information content (AvgIpc) is 3.76. The van der Waals surface area contributed by atoms with E-state index in [1.54, 1.807) is 0 Å². The summed E-state index contributed by atoms with van der Waals surface area (Å²) in [6.45, 7) is 0. The molecule has 0 atom stereocenters. The van der Waals surface area contributed by atoms with Gasteiger partial charge in [0.05, 0.1) is 22.2 Å². The number of para-hydroxylation sites is 2. The molecule has 0 bridgehead atoms. The van der Waals surface area contributed by atoms with Crippen molar-refractivity contribution in [3.8, 4) is 39.5 Å². The Kier molecular flexibility index (Phi) is 8.74. The molecule has 0 aliphatic carbocycles. The van der Waals surface area contributed by atoms with Gasteiger partial charge in [-0.1, -0.05) is 206 Å². The first kappa shape index (κ1) is 36.9. The lowest BCUT2D eigenvalue weighted by Gasteiger charge is -2.25. The molecule has 4 nitrogen and oxygen atoms in total. The van der Waals surface area contributed by atoms with Crippen LogP contribution in [0.1, 0.15) is 0 Å². The second kappa shape index (κ2) is 14.9. The van der Waals surface area contributed by atoms with E-state index in [2.05, 4.69) is 162 Å². The third kappa shape index (κ3) is 5.87. The lowest BCUT2D eigenvalue weighted by Crippen LogP contribution is -2.26. The Morgan fingerprint density at radius 3 is 1.48 bits per heavy atom. The summed E-state index contributed by atoms with van der Waals surface area (Å²) in [6, 6.07) is 79.5. The molecule has 296 valence electrons. The first-order chi connectivity index (χ1) is 31.2. The normalized spacial score (nSPS) is 11.9. The number of hydrogen-bond acceptors (Lipinski definition) is 3. The molecule has 63 heavy (non-hydrogen) atoms. The van der Waals surface area contributed by atoms with Gasteiger partial charge in [-0.15, -0.1) is 0 Å². The van der Waals surface area contributed by atoms with Gasteiger partial charge in [0.1, 0.15) is 5.82 Å². The zero-order valence-corrected chi connectivity index (χ0v) is 35.0. The highest BCUT2D eigenvalue weighted by molar-refractivity contribution is 7.86. The minimum Gasteiger partial charge on any atom is -0.309 e. The number of rotatable bonds is 7. The number of nitrogens with zero attached hydrogens (tertiary/aromatic N) is 3. The van der Waals surface area contributed by atoms with Crippen molar-refractivity contribution in [3.05, 3.63) is 231 Å². The quantitative estimate of drug-likeness (QED) is 0.0914. The minimum atomic E-state index is -3.35. The molecule has 0 radical (unpaired) electrons. The maximum absolute atomic E-state index is 16.2. The fourth-order valence-electron chi connectivity index (χ4n) is 9.64. The molecule has 2 aromatic heterocycles. The monoisotopic (exact) mass is 823 g/mol. The summed E-state index contributed by atoms with van der Waals surface area (Å²) in [7, 11) is -3.35. The first-order valence-corrected chi connectivity index (χ1v) is 23.0. The standard InChI is InChI=1S/C58H38N3OP/c62-63(43-23-9-3-10-24-43,44-25-11-4-12-26-44)57-49-30-15-13-28-46(49)53(47-29-14-16-31-50(47)57)39-33-35-40(36-34-39)55-54-48(45-27-17-18-32-51(45)59-55)37-38-52-56(54)60-58(41-19-5-1-6-20-41)61(52)42-21-7-2-8-22-42/h1-38H. The van der Waals surface area contributed by atoms with Crippen LogP contribution >= 0.6 is 7.14 Å². The van der Waals surface area contributed by atoms with E-state index in [0.29, 0.717) is 0 Å². The smallest absolute Gasteiger partial charge is 0.172 e. The van der Waals surface area contributed by atoms with Crippen molar-refractivity contribution in [1.29, 1.82) is 0 Å². The molecule has 0 aliphatic heterocycles. The molecule has 0 spiro atoms. The van der Waals surface area contributed by atoms with Gasteiger partial charge in [-0.05, 0) is 62.3 Å². The zero-order chi connectivity index (χ0) is 41.9. The van der Waals surface area contributed by atoms with Crippen LogP contribution in [0.2, 0.25) is 0 Å². The Hall–Kier alpha value is -7.91. The van der Waals surface area contributed by atoms with Gasteiger partial charge < -0.3 is 4.57 Å². The van der Waals surface area contributed by atoms with Crippen LogP contribution in [0, 0.1) is 0 Å². The number of fused-ring (bicyclic) bond motifs is 7. The van der Waals surface area contributed by atoms with Crippen molar-refractivity contribution in [2.24, 2.45) is 0 Å². The number of hydrogen-bond donors (Lipinski definition) is 0. The van der Waals surface area contributed by atoms with Crippen LogP contribution < -0.4 is 15.9 Å². The molecule has 0 saturated carbocycles.